The molecule has 28 heavy (non-hydrogen) atoms. The summed E-state index contributed by atoms with van der Waals surface area (Å²) in [4.78, 5) is 12.1. The molecule has 2 rings (SSSR count). The van der Waals surface area contributed by atoms with Crippen molar-refractivity contribution < 1.29 is 35.5 Å². The minimum atomic E-state index is -4.74. The number of thiophene rings is 1. The van der Waals surface area contributed by atoms with Crippen LogP contribution < -0.4 is 5.32 Å². The highest BCUT2D eigenvalue weighted by Crippen LogP contribution is 2.30. The highest BCUT2D eigenvalue weighted by atomic mass is 32.2. The van der Waals surface area contributed by atoms with Crippen molar-refractivity contribution in [1.82, 2.24) is 4.31 Å². The fourth-order valence-corrected chi connectivity index (χ4v) is 4.92. The lowest BCUT2D eigenvalue weighted by Crippen LogP contribution is -2.40. The number of hydrogen-bond donors (Lipinski definition) is 1. The average molecular weight is 440 g/mol. The van der Waals surface area contributed by atoms with Crippen molar-refractivity contribution in [2.75, 3.05) is 32.1 Å². The molecule has 1 heterocycles. The first-order chi connectivity index (χ1) is 13.0. The number of ether oxygens (including phenoxy) is 1. The van der Waals surface area contributed by atoms with Gasteiger partial charge in [-0.05, 0) is 24.3 Å². The second-order valence-electron chi connectivity index (χ2n) is 5.50. The molecule has 1 aromatic heterocycles. The summed E-state index contributed by atoms with van der Waals surface area (Å²) in [5, 5.41) is 2.38. The molecule has 154 valence electrons. The molecule has 0 aliphatic heterocycles. The molecule has 1 aromatic carbocycles. The van der Waals surface area contributed by atoms with E-state index >= 15 is 0 Å². The van der Waals surface area contributed by atoms with Crippen LogP contribution in [-0.4, -0.2) is 51.6 Å². The van der Waals surface area contributed by atoms with Gasteiger partial charge in [0.1, 0.15) is 16.6 Å². The number of amides is 1. The van der Waals surface area contributed by atoms with E-state index in [-0.39, 0.29) is 21.5 Å². The molecule has 1 N–H and O–H groups in total. The van der Waals surface area contributed by atoms with Crippen molar-refractivity contribution in [3.63, 3.8) is 0 Å². The summed E-state index contributed by atoms with van der Waals surface area (Å²) in [6.45, 7) is -2.39. The molecule has 2 aromatic rings. The number of alkyl halides is 3. The van der Waals surface area contributed by atoms with Crippen molar-refractivity contribution in [3.05, 3.63) is 47.8 Å². The number of rotatable bonds is 8. The lowest BCUT2D eigenvalue weighted by Gasteiger charge is -2.22. The molecule has 0 unspecified atom stereocenters. The Balaban J connectivity index is 2.22. The number of carbonyl (C=O) groups is 1. The number of nitrogens with one attached hydrogen (secondary N) is 1. The number of halogens is 4. The maximum absolute atomic E-state index is 13.6. The number of sulfonamides is 1. The van der Waals surface area contributed by atoms with E-state index in [4.69, 9.17) is 0 Å². The van der Waals surface area contributed by atoms with Gasteiger partial charge in [0, 0.05) is 13.7 Å². The number of carbonyl (C=O) groups excluding carboxylic acids is 1. The van der Waals surface area contributed by atoms with Crippen LogP contribution in [0.1, 0.15) is 10.4 Å². The number of methoxy groups -OCH3 is 1. The molecule has 0 saturated carbocycles. The Morgan fingerprint density at radius 1 is 1.21 bits per heavy atom. The average Bonchev–Trinajstić information content (AvgIpc) is 3.07. The van der Waals surface area contributed by atoms with Gasteiger partial charge in [0.15, 0.2) is 0 Å². The predicted octanol–water partition coefficient (Wildman–Crippen LogP) is 3.34. The third-order valence-electron chi connectivity index (χ3n) is 3.43. The van der Waals surface area contributed by atoms with Gasteiger partial charge in [-0.2, -0.15) is 17.5 Å². The first-order valence-electron chi connectivity index (χ1n) is 7.76. The third-order valence-corrected chi connectivity index (χ3v) is 6.74. The van der Waals surface area contributed by atoms with Crippen LogP contribution in [0, 0.1) is 5.82 Å². The Hall–Kier alpha value is -2.02. The molecule has 6 nitrogen and oxygen atoms in total. The molecule has 1 amide bonds. The molecular formula is C16H16F4N2O4S2. The normalized spacial score (nSPS) is 12.4. The fourth-order valence-electron chi connectivity index (χ4n) is 2.16. The monoisotopic (exact) mass is 440 g/mol. The van der Waals surface area contributed by atoms with Crippen LogP contribution in [0.2, 0.25) is 0 Å². The molecular weight excluding hydrogens is 424 g/mol. The van der Waals surface area contributed by atoms with Crippen LogP contribution in [0.25, 0.3) is 0 Å². The van der Waals surface area contributed by atoms with Crippen LogP contribution in [0.15, 0.2) is 40.6 Å². The van der Waals surface area contributed by atoms with Gasteiger partial charge >= 0.3 is 6.18 Å². The minimum Gasteiger partial charge on any atom is -0.383 e. The molecule has 0 saturated heterocycles. The van der Waals surface area contributed by atoms with E-state index in [0.717, 1.165) is 12.1 Å². The SMILES string of the molecule is COCCN(CC(F)(F)F)S(=O)(=O)c1ccc(NC(=O)c2ccccc2F)s1. The third kappa shape index (κ3) is 5.74. The van der Waals surface area contributed by atoms with Gasteiger partial charge in [-0.1, -0.05) is 12.1 Å². The van der Waals surface area contributed by atoms with E-state index in [9.17, 15) is 30.8 Å². The van der Waals surface area contributed by atoms with Crippen molar-refractivity contribution in [3.8, 4) is 0 Å². The second kappa shape index (κ2) is 8.99. The van der Waals surface area contributed by atoms with E-state index in [1.54, 1.807) is 0 Å². The van der Waals surface area contributed by atoms with Crippen LogP contribution >= 0.6 is 11.3 Å². The molecule has 0 spiro atoms. The van der Waals surface area contributed by atoms with Crippen LogP contribution in [-0.2, 0) is 14.8 Å². The first-order valence-corrected chi connectivity index (χ1v) is 10.0. The van der Waals surface area contributed by atoms with E-state index in [1.165, 1.54) is 31.4 Å². The number of nitrogens with zero attached hydrogens (tertiary/aromatic N) is 1. The lowest BCUT2D eigenvalue weighted by molar-refractivity contribution is -0.136. The highest BCUT2D eigenvalue weighted by molar-refractivity contribution is 7.91. The predicted molar refractivity (Wildman–Crippen MR) is 95.4 cm³/mol. The molecule has 12 heteroatoms. The largest absolute Gasteiger partial charge is 0.402 e. The van der Waals surface area contributed by atoms with Crippen molar-refractivity contribution in [1.29, 1.82) is 0 Å². The maximum Gasteiger partial charge on any atom is 0.402 e. The molecule has 0 radical (unpaired) electrons. The van der Waals surface area contributed by atoms with Gasteiger partial charge in [-0.25, -0.2) is 12.8 Å². The topological polar surface area (TPSA) is 75.7 Å². The lowest BCUT2D eigenvalue weighted by atomic mass is 10.2. The zero-order valence-corrected chi connectivity index (χ0v) is 16.1. The molecule has 0 aliphatic rings. The minimum absolute atomic E-state index is 0.0468. The summed E-state index contributed by atoms with van der Waals surface area (Å²) in [5.74, 6) is -1.57. The van der Waals surface area contributed by atoms with Gasteiger partial charge in [-0.3, -0.25) is 4.79 Å². The van der Waals surface area contributed by atoms with Crippen LogP contribution in [0.5, 0.6) is 0 Å². The first kappa shape index (κ1) is 22.3. The molecule has 0 aliphatic carbocycles. The van der Waals surface area contributed by atoms with Crippen molar-refractivity contribution in [2.24, 2.45) is 0 Å². The van der Waals surface area contributed by atoms with Gasteiger partial charge in [0.25, 0.3) is 15.9 Å². The Morgan fingerprint density at radius 3 is 2.50 bits per heavy atom. The summed E-state index contributed by atoms with van der Waals surface area (Å²) in [6, 6.07) is 7.48. The van der Waals surface area contributed by atoms with Gasteiger partial charge in [-0.15, -0.1) is 11.3 Å². The summed E-state index contributed by atoms with van der Waals surface area (Å²) in [7, 11) is -3.23. The van der Waals surface area contributed by atoms with Crippen molar-refractivity contribution >= 4 is 32.3 Å². The number of hydrogen-bond acceptors (Lipinski definition) is 5. The Kier molecular flexibility index (Phi) is 7.15. The zero-order chi connectivity index (χ0) is 20.9. The summed E-state index contributed by atoms with van der Waals surface area (Å²) in [5.41, 5.74) is -0.251. The smallest absolute Gasteiger partial charge is 0.383 e. The fraction of sp³-hybridized carbons (Fsp3) is 0.312. The van der Waals surface area contributed by atoms with E-state index < -0.39 is 45.2 Å². The Bertz CT molecular complexity index is 929. The maximum atomic E-state index is 13.6. The Morgan fingerprint density at radius 2 is 1.89 bits per heavy atom. The van der Waals surface area contributed by atoms with Crippen molar-refractivity contribution in [2.45, 2.75) is 10.4 Å². The Labute approximate surface area is 162 Å². The highest BCUT2D eigenvalue weighted by Gasteiger charge is 2.37. The van der Waals surface area contributed by atoms with Crippen LogP contribution in [0.4, 0.5) is 22.6 Å². The van der Waals surface area contributed by atoms with Gasteiger partial charge in [0.2, 0.25) is 0 Å². The summed E-state index contributed by atoms with van der Waals surface area (Å²) < 4.78 is 81.5. The molecule has 0 bridgehead atoms. The number of anilines is 1. The molecule has 0 fully saturated rings. The summed E-state index contributed by atoms with van der Waals surface area (Å²) >= 11 is 0.564. The van der Waals surface area contributed by atoms with Gasteiger partial charge < -0.3 is 10.1 Å². The number of benzene rings is 1. The second-order valence-corrected chi connectivity index (χ2v) is 8.75. The van der Waals surface area contributed by atoms with E-state index in [2.05, 4.69) is 10.1 Å². The quantitative estimate of drug-likeness (QED) is 0.639. The van der Waals surface area contributed by atoms with E-state index in [1.807, 2.05) is 0 Å². The standard InChI is InChI=1S/C16H16F4N2O4S2/c1-26-9-8-22(10-16(18,19)20)28(24,25)14-7-6-13(27-14)21-15(23)11-4-2-3-5-12(11)17/h2-7H,8-10H2,1H3,(H,21,23). The van der Waals surface area contributed by atoms with E-state index in [0.29, 0.717) is 11.3 Å². The van der Waals surface area contributed by atoms with Gasteiger partial charge in [0.05, 0.1) is 17.2 Å². The molecule has 0 atom stereocenters. The summed E-state index contributed by atoms with van der Waals surface area (Å²) in [6.07, 6.45) is -4.74. The zero-order valence-electron chi connectivity index (χ0n) is 14.5. The van der Waals surface area contributed by atoms with Crippen LogP contribution in [0.3, 0.4) is 0 Å².